The maximum Gasteiger partial charge on any atom is 0.472 e. The van der Waals surface area contributed by atoms with Crippen LogP contribution in [0.15, 0.2) is 9.59 Å². The summed E-state index contributed by atoms with van der Waals surface area (Å²) in [6.45, 7) is -0.0705. The molecular formula is C9H10IN2O7P. The minimum absolute atomic E-state index is 0.0705. The third-order valence-corrected chi connectivity index (χ3v) is 5.19. The van der Waals surface area contributed by atoms with Crippen LogP contribution in [0.5, 0.6) is 0 Å². The normalized spacial score (nSPS) is 36.8. The van der Waals surface area contributed by atoms with Gasteiger partial charge in [-0.3, -0.25) is 18.8 Å². The Balaban J connectivity index is 1.90. The van der Waals surface area contributed by atoms with Crippen molar-refractivity contribution in [2.75, 3.05) is 6.61 Å². The third-order valence-electron chi connectivity index (χ3n) is 3.10. The Kier molecular flexibility index (Phi) is 3.63. The maximum atomic E-state index is 11.6. The zero-order chi connectivity index (χ0) is 14.5. The molecule has 1 aromatic rings. The van der Waals surface area contributed by atoms with Crippen LogP contribution in [0.1, 0.15) is 18.2 Å². The monoisotopic (exact) mass is 416 g/mol. The van der Waals surface area contributed by atoms with Gasteiger partial charge in [0.15, 0.2) is 0 Å². The number of aromatic nitrogens is 2. The predicted octanol–water partition coefficient (Wildman–Crippen LogP) is 0.0136. The van der Waals surface area contributed by atoms with E-state index in [1.165, 1.54) is 0 Å². The number of phosphoric ester groups is 1. The first-order chi connectivity index (χ1) is 9.35. The van der Waals surface area contributed by atoms with Crippen molar-refractivity contribution in [3.8, 4) is 0 Å². The topological polar surface area (TPSA) is 131 Å². The number of phosphoric acid groups is 1. The van der Waals surface area contributed by atoms with Gasteiger partial charge in [-0.1, -0.05) is 0 Å². The molecule has 11 heteroatoms. The third kappa shape index (κ3) is 2.63. The average Bonchev–Trinajstić information content (AvgIpc) is 2.74. The lowest BCUT2D eigenvalue weighted by atomic mass is 10.1. The quantitative estimate of drug-likeness (QED) is 0.435. The van der Waals surface area contributed by atoms with Crippen molar-refractivity contribution < 1.29 is 23.2 Å². The van der Waals surface area contributed by atoms with Gasteiger partial charge in [-0.25, -0.2) is 9.36 Å². The molecule has 0 aromatic carbocycles. The van der Waals surface area contributed by atoms with Gasteiger partial charge >= 0.3 is 13.5 Å². The van der Waals surface area contributed by atoms with E-state index in [0.29, 0.717) is 9.26 Å². The van der Waals surface area contributed by atoms with E-state index in [2.05, 4.69) is 14.5 Å². The van der Waals surface area contributed by atoms with Crippen molar-refractivity contribution in [3.63, 3.8) is 0 Å². The van der Waals surface area contributed by atoms with Crippen molar-refractivity contribution in [1.29, 1.82) is 0 Å². The van der Waals surface area contributed by atoms with Crippen molar-refractivity contribution in [1.82, 2.24) is 9.97 Å². The number of halogens is 1. The molecule has 0 radical (unpaired) electrons. The van der Waals surface area contributed by atoms with Gasteiger partial charge in [0.25, 0.3) is 5.56 Å². The van der Waals surface area contributed by atoms with Gasteiger partial charge in [0.2, 0.25) is 0 Å². The SMILES string of the molecule is O=c1[nH]c([C@H]2C[C@@H]3OP(=O)(O)OC[C@H]3O2)c(I)c(=O)[nH]1. The number of aromatic amines is 2. The highest BCUT2D eigenvalue weighted by atomic mass is 127. The van der Waals surface area contributed by atoms with Crippen LogP contribution in [0.3, 0.4) is 0 Å². The summed E-state index contributed by atoms with van der Waals surface area (Å²) in [5.41, 5.74) is -0.799. The Morgan fingerprint density at radius 3 is 2.80 bits per heavy atom. The second-order valence-electron chi connectivity index (χ2n) is 4.44. The summed E-state index contributed by atoms with van der Waals surface area (Å²) >= 11 is 1.80. The Labute approximate surface area is 125 Å². The Hall–Kier alpha value is -0.520. The minimum atomic E-state index is -4.03. The van der Waals surface area contributed by atoms with E-state index in [-0.39, 0.29) is 13.0 Å². The molecule has 9 nitrogen and oxygen atoms in total. The standard InChI is InChI=1S/C9H10IN2O7P/c10-6-7(11-9(14)12-8(6)13)4-1-3-5(18-4)2-17-20(15,16)19-3/h3-5H,1-2H2,(H,15,16)(H2,11,12,13,14)/t3-,4+,5+/m0/s1. The van der Waals surface area contributed by atoms with Crippen LogP contribution < -0.4 is 11.2 Å². The summed E-state index contributed by atoms with van der Waals surface area (Å²) in [5.74, 6) is 0. The smallest absolute Gasteiger partial charge is 0.363 e. The van der Waals surface area contributed by atoms with Gasteiger partial charge in [-0.15, -0.1) is 0 Å². The molecule has 2 aliphatic rings. The molecule has 1 unspecified atom stereocenters. The van der Waals surface area contributed by atoms with Gasteiger partial charge in [-0.2, -0.15) is 0 Å². The fourth-order valence-electron chi connectivity index (χ4n) is 2.24. The number of hydrogen-bond donors (Lipinski definition) is 3. The highest BCUT2D eigenvalue weighted by molar-refractivity contribution is 14.1. The molecule has 2 saturated heterocycles. The molecule has 0 spiro atoms. The van der Waals surface area contributed by atoms with Crippen LogP contribution in [-0.2, 0) is 18.3 Å². The molecule has 0 saturated carbocycles. The van der Waals surface area contributed by atoms with Crippen molar-refractivity contribution in [2.24, 2.45) is 0 Å². The van der Waals surface area contributed by atoms with Crippen LogP contribution in [-0.4, -0.2) is 33.7 Å². The van der Waals surface area contributed by atoms with Gasteiger partial charge in [0.1, 0.15) is 21.9 Å². The zero-order valence-electron chi connectivity index (χ0n) is 9.87. The summed E-state index contributed by atoms with van der Waals surface area (Å²) in [7, 11) is -4.03. The van der Waals surface area contributed by atoms with E-state index in [1.54, 1.807) is 22.6 Å². The summed E-state index contributed by atoms with van der Waals surface area (Å²) in [6.07, 6.45) is -1.45. The first-order valence-corrected chi connectivity index (χ1v) is 8.26. The summed E-state index contributed by atoms with van der Waals surface area (Å²) in [5, 5.41) is 0. The van der Waals surface area contributed by atoms with Crippen molar-refractivity contribution in [2.45, 2.75) is 24.7 Å². The molecule has 0 aliphatic carbocycles. The first-order valence-electron chi connectivity index (χ1n) is 5.69. The molecule has 3 N–H and O–H groups in total. The molecule has 3 heterocycles. The molecular weight excluding hydrogens is 406 g/mol. The van der Waals surface area contributed by atoms with E-state index in [9.17, 15) is 19.0 Å². The maximum absolute atomic E-state index is 11.6. The Morgan fingerprint density at radius 1 is 1.30 bits per heavy atom. The second kappa shape index (κ2) is 5.04. The molecule has 2 fully saturated rings. The minimum Gasteiger partial charge on any atom is -0.363 e. The Bertz CT molecular complexity index is 700. The number of hydrogen-bond acceptors (Lipinski definition) is 6. The molecule has 20 heavy (non-hydrogen) atoms. The lowest BCUT2D eigenvalue weighted by molar-refractivity contribution is -0.0535. The van der Waals surface area contributed by atoms with Gasteiger partial charge < -0.3 is 14.6 Å². The van der Waals surface area contributed by atoms with Crippen LogP contribution in [0.4, 0.5) is 0 Å². The highest BCUT2D eigenvalue weighted by Crippen LogP contribution is 2.52. The molecule has 0 bridgehead atoms. The Morgan fingerprint density at radius 2 is 2.05 bits per heavy atom. The van der Waals surface area contributed by atoms with E-state index in [0.717, 1.165) is 0 Å². The van der Waals surface area contributed by atoms with E-state index >= 15 is 0 Å². The number of H-pyrrole nitrogens is 2. The molecule has 1 aromatic heterocycles. The second-order valence-corrected chi connectivity index (χ2v) is 6.93. The first kappa shape index (κ1) is 14.4. The summed E-state index contributed by atoms with van der Waals surface area (Å²) < 4.78 is 26.9. The summed E-state index contributed by atoms with van der Waals surface area (Å²) in [4.78, 5) is 36.8. The van der Waals surface area contributed by atoms with E-state index in [4.69, 9.17) is 9.26 Å². The lowest BCUT2D eigenvalue weighted by Gasteiger charge is -2.26. The predicted molar refractivity (Wildman–Crippen MR) is 73.3 cm³/mol. The fraction of sp³-hybridized carbons (Fsp3) is 0.556. The van der Waals surface area contributed by atoms with Crippen molar-refractivity contribution >= 4 is 30.4 Å². The van der Waals surface area contributed by atoms with Gasteiger partial charge in [0, 0.05) is 6.42 Å². The largest absolute Gasteiger partial charge is 0.472 e. The van der Waals surface area contributed by atoms with Gasteiger partial charge in [-0.05, 0) is 22.6 Å². The fourth-order valence-corrected chi connectivity index (χ4v) is 3.82. The summed E-state index contributed by atoms with van der Waals surface area (Å²) in [6, 6.07) is 0. The molecule has 3 rings (SSSR count). The van der Waals surface area contributed by atoms with Crippen LogP contribution >= 0.6 is 30.4 Å². The van der Waals surface area contributed by atoms with Crippen molar-refractivity contribution in [3.05, 3.63) is 30.1 Å². The lowest BCUT2D eigenvalue weighted by Crippen LogP contribution is -2.32. The number of fused-ring (bicyclic) bond motifs is 1. The zero-order valence-corrected chi connectivity index (χ0v) is 12.9. The van der Waals surface area contributed by atoms with Crippen LogP contribution in [0.2, 0.25) is 0 Å². The molecule has 4 atom stereocenters. The average molecular weight is 416 g/mol. The van der Waals surface area contributed by atoms with Gasteiger partial charge in [0.05, 0.1) is 12.3 Å². The number of rotatable bonds is 1. The van der Waals surface area contributed by atoms with Crippen LogP contribution in [0.25, 0.3) is 0 Å². The molecule has 2 aliphatic heterocycles. The number of nitrogens with one attached hydrogen (secondary N) is 2. The van der Waals surface area contributed by atoms with E-state index in [1.807, 2.05) is 0 Å². The number of ether oxygens (including phenoxy) is 1. The highest BCUT2D eigenvalue weighted by Gasteiger charge is 2.46. The molecule has 0 amide bonds. The van der Waals surface area contributed by atoms with E-state index < -0.39 is 37.4 Å². The molecule has 110 valence electrons. The van der Waals surface area contributed by atoms with Crippen LogP contribution in [0, 0.1) is 3.57 Å².